The number of hydrogen-bond acceptors (Lipinski definition) is 5. The molecule has 0 N–H and O–H groups in total. The smallest absolute Gasteiger partial charge is 0.295 e. The predicted octanol–water partition coefficient (Wildman–Crippen LogP) is 3.71. The summed E-state index contributed by atoms with van der Waals surface area (Å²) in [6.45, 7) is 1.95. The third-order valence-corrected chi connectivity index (χ3v) is 4.79. The number of carbonyl (C=O) groups is 2. The molecule has 0 spiro atoms. The summed E-state index contributed by atoms with van der Waals surface area (Å²) in [5.41, 5.74) is 4.51. The van der Waals surface area contributed by atoms with Crippen LogP contribution in [0.2, 0.25) is 0 Å². The van der Waals surface area contributed by atoms with Crippen LogP contribution in [0.25, 0.3) is 10.4 Å². The van der Waals surface area contributed by atoms with E-state index < -0.39 is 11.8 Å². The van der Waals surface area contributed by atoms with Gasteiger partial charge in [-0.1, -0.05) is 17.2 Å². The number of benzene rings is 2. The van der Waals surface area contributed by atoms with Gasteiger partial charge in [0.2, 0.25) is 0 Å². The van der Waals surface area contributed by atoms with E-state index in [1.165, 1.54) is 0 Å². The van der Waals surface area contributed by atoms with Gasteiger partial charge in [-0.3, -0.25) is 9.59 Å². The average molecular weight is 336 g/mol. The number of carbonyl (C=O) groups excluding carboxylic acids is 2. The number of hydroxylamine groups is 2. The number of imide groups is 1. The van der Waals surface area contributed by atoms with Crippen LogP contribution < -0.4 is 4.84 Å². The van der Waals surface area contributed by atoms with Crippen LogP contribution in [0, 0.1) is 6.92 Å². The first-order valence-electron chi connectivity index (χ1n) is 7.31. The molecular formula is C18H12N2O3S. The summed E-state index contributed by atoms with van der Waals surface area (Å²) in [6.07, 6.45) is 0. The third-order valence-electron chi connectivity index (χ3n) is 3.82. The van der Waals surface area contributed by atoms with Gasteiger partial charge < -0.3 is 4.84 Å². The Labute approximate surface area is 142 Å². The summed E-state index contributed by atoms with van der Waals surface area (Å²) >= 11 is 1.56. The summed E-state index contributed by atoms with van der Waals surface area (Å²) in [7, 11) is 0. The Balaban J connectivity index is 1.58. The predicted molar refractivity (Wildman–Crippen MR) is 89.9 cm³/mol. The molecule has 0 atom stereocenters. The molecule has 1 aliphatic heterocycles. The molecule has 24 heavy (non-hydrogen) atoms. The van der Waals surface area contributed by atoms with E-state index in [-0.39, 0.29) is 0 Å². The third kappa shape index (κ3) is 2.28. The van der Waals surface area contributed by atoms with E-state index in [2.05, 4.69) is 4.98 Å². The van der Waals surface area contributed by atoms with Crippen molar-refractivity contribution in [3.63, 3.8) is 0 Å². The summed E-state index contributed by atoms with van der Waals surface area (Å²) in [4.78, 5) is 35.4. The number of aromatic nitrogens is 1. The molecule has 1 aliphatic rings. The molecule has 2 amide bonds. The van der Waals surface area contributed by atoms with Crippen molar-refractivity contribution < 1.29 is 14.4 Å². The Kier molecular flexibility index (Phi) is 3.39. The Hall–Kier alpha value is -2.99. The highest BCUT2D eigenvalue weighted by Gasteiger charge is 2.37. The maximum Gasteiger partial charge on any atom is 0.295 e. The van der Waals surface area contributed by atoms with Crippen molar-refractivity contribution in [3.8, 4) is 16.2 Å². The van der Waals surface area contributed by atoms with E-state index in [1.54, 1.807) is 53.2 Å². The van der Waals surface area contributed by atoms with Gasteiger partial charge in [-0.05, 0) is 48.9 Å². The lowest BCUT2D eigenvalue weighted by Crippen LogP contribution is -2.33. The maximum absolute atomic E-state index is 12.3. The Bertz CT molecular complexity index is 912. The number of nitrogens with zero attached hydrogens (tertiary/aromatic N) is 2. The van der Waals surface area contributed by atoms with E-state index in [0.717, 1.165) is 21.2 Å². The SMILES string of the molecule is Cc1ncsc1-c1ccc(ON2C(=O)c3ccccc3C2=O)cc1. The van der Waals surface area contributed by atoms with Gasteiger partial charge in [-0.15, -0.1) is 11.3 Å². The minimum absolute atomic E-state index is 0.361. The number of fused-ring (bicyclic) bond motifs is 1. The zero-order valence-electron chi connectivity index (χ0n) is 12.7. The van der Waals surface area contributed by atoms with Crippen molar-refractivity contribution in [1.82, 2.24) is 10.0 Å². The van der Waals surface area contributed by atoms with Gasteiger partial charge in [0, 0.05) is 0 Å². The van der Waals surface area contributed by atoms with E-state index in [4.69, 9.17) is 4.84 Å². The molecule has 6 heteroatoms. The van der Waals surface area contributed by atoms with Crippen LogP contribution in [0.15, 0.2) is 54.0 Å². The molecule has 0 bridgehead atoms. The van der Waals surface area contributed by atoms with E-state index in [9.17, 15) is 9.59 Å². The Morgan fingerprint density at radius 1 is 0.958 bits per heavy atom. The van der Waals surface area contributed by atoms with Crippen molar-refractivity contribution in [3.05, 3.63) is 70.9 Å². The second-order valence-corrected chi connectivity index (χ2v) is 6.19. The molecular weight excluding hydrogens is 324 g/mol. The number of amides is 2. The molecule has 5 nitrogen and oxygen atoms in total. The molecule has 0 fully saturated rings. The minimum atomic E-state index is -0.446. The molecule has 4 rings (SSSR count). The highest BCUT2D eigenvalue weighted by atomic mass is 32.1. The summed E-state index contributed by atoms with van der Waals surface area (Å²) in [5, 5.41) is 0.803. The summed E-state index contributed by atoms with van der Waals surface area (Å²) < 4.78 is 0. The number of thiazole rings is 1. The lowest BCUT2D eigenvalue weighted by Gasteiger charge is -2.14. The molecule has 2 heterocycles. The molecule has 1 aromatic heterocycles. The second-order valence-electron chi connectivity index (χ2n) is 5.33. The quantitative estimate of drug-likeness (QED) is 0.684. The number of aryl methyl sites for hydroxylation is 1. The van der Waals surface area contributed by atoms with Crippen LogP contribution in [0.4, 0.5) is 0 Å². The first-order chi connectivity index (χ1) is 11.6. The van der Waals surface area contributed by atoms with E-state index in [0.29, 0.717) is 16.9 Å². The summed E-state index contributed by atoms with van der Waals surface area (Å²) in [5.74, 6) is -0.466. The second kappa shape index (κ2) is 5.58. The van der Waals surface area contributed by atoms with E-state index in [1.807, 2.05) is 19.1 Å². The Morgan fingerprint density at radius 2 is 1.58 bits per heavy atom. The molecule has 0 radical (unpaired) electrons. The zero-order valence-corrected chi connectivity index (χ0v) is 13.5. The first-order valence-corrected chi connectivity index (χ1v) is 8.19. The number of hydrogen-bond donors (Lipinski definition) is 0. The standard InChI is InChI=1S/C18H12N2O3S/c1-11-16(24-10-19-11)12-6-8-13(9-7-12)23-20-17(21)14-4-2-3-5-15(14)18(20)22/h2-10H,1H3. The maximum atomic E-state index is 12.3. The largest absolute Gasteiger partial charge is 0.368 e. The molecule has 118 valence electrons. The fraction of sp³-hybridized carbons (Fsp3) is 0.0556. The first kappa shape index (κ1) is 14.6. The van der Waals surface area contributed by atoms with Crippen LogP contribution in [0.5, 0.6) is 5.75 Å². The lowest BCUT2D eigenvalue weighted by molar-refractivity contribution is -0.0140. The average Bonchev–Trinajstić information content (AvgIpc) is 3.13. The molecule has 0 saturated heterocycles. The van der Waals surface area contributed by atoms with Crippen LogP contribution >= 0.6 is 11.3 Å². The van der Waals surface area contributed by atoms with Crippen molar-refractivity contribution in [1.29, 1.82) is 0 Å². The van der Waals surface area contributed by atoms with Gasteiger partial charge in [0.1, 0.15) is 0 Å². The minimum Gasteiger partial charge on any atom is -0.368 e. The van der Waals surface area contributed by atoms with Crippen LogP contribution in [-0.4, -0.2) is 21.9 Å². The molecule has 0 aliphatic carbocycles. The lowest BCUT2D eigenvalue weighted by atomic mass is 10.1. The monoisotopic (exact) mass is 336 g/mol. The van der Waals surface area contributed by atoms with Crippen molar-refractivity contribution in [2.24, 2.45) is 0 Å². The molecule has 0 saturated carbocycles. The zero-order chi connectivity index (χ0) is 16.7. The van der Waals surface area contributed by atoms with E-state index >= 15 is 0 Å². The Morgan fingerprint density at radius 3 is 2.12 bits per heavy atom. The van der Waals surface area contributed by atoms with Crippen LogP contribution in [0.3, 0.4) is 0 Å². The topological polar surface area (TPSA) is 59.5 Å². The number of rotatable bonds is 3. The fourth-order valence-electron chi connectivity index (χ4n) is 2.60. The van der Waals surface area contributed by atoms with Crippen molar-refractivity contribution in [2.45, 2.75) is 6.92 Å². The fourth-order valence-corrected chi connectivity index (χ4v) is 3.41. The van der Waals surface area contributed by atoms with Crippen molar-refractivity contribution >= 4 is 23.2 Å². The highest BCUT2D eigenvalue weighted by Crippen LogP contribution is 2.30. The highest BCUT2D eigenvalue weighted by molar-refractivity contribution is 7.13. The van der Waals surface area contributed by atoms with Gasteiger partial charge in [0.05, 0.1) is 27.2 Å². The van der Waals surface area contributed by atoms with Crippen LogP contribution in [-0.2, 0) is 0 Å². The van der Waals surface area contributed by atoms with Crippen LogP contribution in [0.1, 0.15) is 26.4 Å². The normalized spacial score (nSPS) is 13.3. The van der Waals surface area contributed by atoms with Gasteiger partial charge in [-0.2, -0.15) is 0 Å². The molecule has 0 unspecified atom stereocenters. The summed E-state index contributed by atoms with van der Waals surface area (Å²) in [6, 6.07) is 13.9. The van der Waals surface area contributed by atoms with Gasteiger partial charge in [0.25, 0.3) is 11.8 Å². The van der Waals surface area contributed by atoms with Gasteiger partial charge >= 0.3 is 0 Å². The van der Waals surface area contributed by atoms with Crippen molar-refractivity contribution in [2.75, 3.05) is 0 Å². The molecule has 3 aromatic rings. The molecule has 2 aromatic carbocycles. The van der Waals surface area contributed by atoms with Gasteiger partial charge in [-0.25, -0.2) is 4.98 Å². The van der Waals surface area contributed by atoms with Gasteiger partial charge in [0.15, 0.2) is 5.75 Å².